The highest BCUT2D eigenvalue weighted by atomic mass is 15.2. The molecule has 0 bridgehead atoms. The van der Waals surface area contributed by atoms with E-state index in [1.807, 2.05) is 13.8 Å². The molecule has 1 fully saturated rings. The third-order valence-corrected chi connectivity index (χ3v) is 3.16. The molecule has 2 unspecified atom stereocenters. The van der Waals surface area contributed by atoms with Gasteiger partial charge in [-0.2, -0.15) is 0 Å². The Balaban J connectivity index is 0.000000791. The van der Waals surface area contributed by atoms with Crippen molar-refractivity contribution in [2.75, 3.05) is 6.54 Å². The molecule has 1 aliphatic heterocycles. The Bertz CT molecular complexity index is 131. The molecule has 0 amide bonds. The lowest BCUT2D eigenvalue weighted by Crippen LogP contribution is -2.45. The van der Waals surface area contributed by atoms with Gasteiger partial charge in [0.25, 0.3) is 0 Å². The highest BCUT2D eigenvalue weighted by Gasteiger charge is 2.26. The Hall–Kier alpha value is -0.0400. The van der Waals surface area contributed by atoms with Crippen LogP contribution in [0, 0.1) is 5.92 Å². The third-order valence-electron chi connectivity index (χ3n) is 3.16. The smallest absolute Gasteiger partial charge is 0.00978 e. The van der Waals surface area contributed by atoms with Crippen molar-refractivity contribution >= 4 is 0 Å². The van der Waals surface area contributed by atoms with E-state index in [0.29, 0.717) is 0 Å². The van der Waals surface area contributed by atoms with Gasteiger partial charge in [0.05, 0.1) is 0 Å². The van der Waals surface area contributed by atoms with Crippen molar-refractivity contribution in [3.63, 3.8) is 0 Å². The van der Waals surface area contributed by atoms with Gasteiger partial charge in [-0.3, -0.25) is 4.90 Å². The number of likely N-dealkylation sites (tertiary alicyclic amines) is 1. The molecule has 1 aliphatic rings. The molecule has 14 heavy (non-hydrogen) atoms. The topological polar surface area (TPSA) is 3.24 Å². The van der Waals surface area contributed by atoms with Crippen LogP contribution in [-0.4, -0.2) is 23.5 Å². The van der Waals surface area contributed by atoms with Crippen LogP contribution in [0.2, 0.25) is 0 Å². The van der Waals surface area contributed by atoms with Crippen molar-refractivity contribution in [1.82, 2.24) is 4.90 Å². The first-order valence-electron chi connectivity index (χ1n) is 6.40. The minimum atomic E-state index is 0.738. The molecule has 0 saturated carbocycles. The van der Waals surface area contributed by atoms with E-state index < -0.39 is 0 Å². The average Bonchev–Trinajstić information content (AvgIpc) is 2.20. The van der Waals surface area contributed by atoms with E-state index in [9.17, 15) is 0 Å². The predicted octanol–water partition coefficient (Wildman–Crippen LogP) is 3.93. The zero-order chi connectivity index (χ0) is 11.1. The van der Waals surface area contributed by atoms with Crippen molar-refractivity contribution in [1.29, 1.82) is 0 Å². The van der Waals surface area contributed by atoms with Gasteiger partial charge in [0.15, 0.2) is 0 Å². The number of rotatable bonds is 2. The van der Waals surface area contributed by atoms with Gasteiger partial charge in [-0.15, -0.1) is 0 Å². The van der Waals surface area contributed by atoms with Gasteiger partial charge in [-0.1, -0.05) is 27.7 Å². The van der Waals surface area contributed by atoms with E-state index in [2.05, 4.69) is 32.6 Å². The van der Waals surface area contributed by atoms with Crippen molar-refractivity contribution in [2.24, 2.45) is 5.92 Å². The van der Waals surface area contributed by atoms with Gasteiger partial charge < -0.3 is 0 Å². The lowest BCUT2D eigenvalue weighted by Gasteiger charge is -2.40. The van der Waals surface area contributed by atoms with E-state index in [0.717, 1.165) is 18.0 Å². The molecule has 1 heteroatoms. The summed E-state index contributed by atoms with van der Waals surface area (Å²) >= 11 is 0. The van der Waals surface area contributed by atoms with Crippen LogP contribution in [0.15, 0.2) is 0 Å². The van der Waals surface area contributed by atoms with Crippen LogP contribution in [0.25, 0.3) is 0 Å². The van der Waals surface area contributed by atoms with Gasteiger partial charge in [-0.25, -0.2) is 0 Å². The van der Waals surface area contributed by atoms with Gasteiger partial charge >= 0.3 is 0 Å². The molecule has 0 aromatic rings. The van der Waals surface area contributed by atoms with E-state index in [4.69, 9.17) is 0 Å². The average molecular weight is 199 g/mol. The van der Waals surface area contributed by atoms with Gasteiger partial charge in [-0.05, 0) is 45.6 Å². The molecule has 1 rings (SSSR count). The number of piperidine rings is 1. The minimum absolute atomic E-state index is 0.738. The van der Waals surface area contributed by atoms with E-state index >= 15 is 0 Å². The van der Waals surface area contributed by atoms with Gasteiger partial charge in [0, 0.05) is 12.1 Å². The molecule has 0 spiro atoms. The SMILES string of the molecule is CC.CCC1CC(C)CCN1C(C)C. The Morgan fingerprint density at radius 1 is 1.29 bits per heavy atom. The molecule has 1 heterocycles. The summed E-state index contributed by atoms with van der Waals surface area (Å²) in [5, 5.41) is 0. The first-order chi connectivity index (χ1) is 6.65. The molecule has 0 aliphatic carbocycles. The van der Waals surface area contributed by atoms with Crippen molar-refractivity contribution < 1.29 is 0 Å². The molecule has 0 N–H and O–H groups in total. The van der Waals surface area contributed by atoms with Gasteiger partial charge in [0.2, 0.25) is 0 Å². The summed E-state index contributed by atoms with van der Waals surface area (Å²) in [4.78, 5) is 2.67. The lowest BCUT2D eigenvalue weighted by molar-refractivity contribution is 0.0839. The van der Waals surface area contributed by atoms with Crippen LogP contribution >= 0.6 is 0 Å². The summed E-state index contributed by atoms with van der Waals surface area (Å²) in [6, 6.07) is 1.59. The molecule has 86 valence electrons. The molecule has 0 aromatic carbocycles. The quantitative estimate of drug-likeness (QED) is 0.651. The van der Waals surface area contributed by atoms with E-state index in [1.54, 1.807) is 0 Å². The van der Waals surface area contributed by atoms with Crippen molar-refractivity contribution in [3.8, 4) is 0 Å². The molecule has 1 saturated heterocycles. The maximum Gasteiger partial charge on any atom is 0.00978 e. The minimum Gasteiger partial charge on any atom is -0.298 e. The fourth-order valence-electron chi connectivity index (χ4n) is 2.35. The first-order valence-corrected chi connectivity index (χ1v) is 6.40. The Morgan fingerprint density at radius 2 is 1.86 bits per heavy atom. The maximum atomic E-state index is 2.67. The zero-order valence-corrected chi connectivity index (χ0v) is 11.0. The standard InChI is InChI=1S/C11H23N.C2H6/c1-5-11-8-10(4)6-7-12(11)9(2)3;1-2/h9-11H,5-8H2,1-4H3;1-2H3. The van der Waals surface area contributed by atoms with Crippen molar-refractivity contribution in [3.05, 3.63) is 0 Å². The predicted molar refractivity (Wildman–Crippen MR) is 65.7 cm³/mol. The molecular weight excluding hydrogens is 170 g/mol. The van der Waals surface area contributed by atoms with Crippen LogP contribution in [0.4, 0.5) is 0 Å². The summed E-state index contributed by atoms with van der Waals surface area (Å²) in [5.74, 6) is 0.949. The van der Waals surface area contributed by atoms with Crippen LogP contribution in [0.5, 0.6) is 0 Å². The van der Waals surface area contributed by atoms with Gasteiger partial charge in [0.1, 0.15) is 0 Å². The van der Waals surface area contributed by atoms with Crippen LogP contribution in [0.3, 0.4) is 0 Å². The molecular formula is C13H29N. The summed E-state index contributed by atoms with van der Waals surface area (Å²) in [6.07, 6.45) is 4.13. The monoisotopic (exact) mass is 199 g/mol. The second-order valence-corrected chi connectivity index (χ2v) is 4.52. The van der Waals surface area contributed by atoms with Crippen molar-refractivity contribution in [2.45, 2.75) is 72.9 Å². The van der Waals surface area contributed by atoms with E-state index in [-0.39, 0.29) is 0 Å². The fraction of sp³-hybridized carbons (Fsp3) is 1.00. The molecule has 2 atom stereocenters. The van der Waals surface area contributed by atoms with Crippen LogP contribution in [-0.2, 0) is 0 Å². The summed E-state index contributed by atoms with van der Waals surface area (Å²) in [6.45, 7) is 14.7. The molecule has 1 nitrogen and oxygen atoms in total. The second-order valence-electron chi connectivity index (χ2n) is 4.52. The Labute approximate surface area is 90.9 Å². The first kappa shape index (κ1) is 14.0. The Kier molecular flexibility index (Phi) is 7.26. The fourth-order valence-corrected chi connectivity index (χ4v) is 2.35. The van der Waals surface area contributed by atoms with Crippen LogP contribution < -0.4 is 0 Å². The number of hydrogen-bond donors (Lipinski definition) is 0. The second kappa shape index (κ2) is 7.28. The normalized spacial score (nSPS) is 28.5. The van der Waals surface area contributed by atoms with E-state index in [1.165, 1.54) is 25.8 Å². The summed E-state index contributed by atoms with van der Waals surface area (Å²) in [7, 11) is 0. The molecule has 0 radical (unpaired) electrons. The highest BCUT2D eigenvalue weighted by molar-refractivity contribution is 4.80. The highest BCUT2D eigenvalue weighted by Crippen LogP contribution is 2.25. The zero-order valence-electron chi connectivity index (χ0n) is 11.0. The largest absolute Gasteiger partial charge is 0.298 e. The molecule has 0 aromatic heterocycles. The number of hydrogen-bond acceptors (Lipinski definition) is 1. The maximum absolute atomic E-state index is 2.67. The summed E-state index contributed by atoms with van der Waals surface area (Å²) < 4.78 is 0. The Morgan fingerprint density at radius 3 is 2.29 bits per heavy atom. The number of nitrogens with zero attached hydrogens (tertiary/aromatic N) is 1. The lowest BCUT2D eigenvalue weighted by atomic mass is 9.90. The van der Waals surface area contributed by atoms with Crippen LogP contribution in [0.1, 0.15) is 60.8 Å². The summed E-state index contributed by atoms with van der Waals surface area (Å²) in [5.41, 5.74) is 0. The third kappa shape index (κ3) is 4.00.